The van der Waals surface area contributed by atoms with E-state index in [-0.39, 0.29) is 18.4 Å². The summed E-state index contributed by atoms with van der Waals surface area (Å²) in [6.45, 7) is 2.25. The van der Waals surface area contributed by atoms with Gasteiger partial charge in [0, 0.05) is 12.3 Å². The zero-order chi connectivity index (χ0) is 29.0. The molecule has 1 saturated carbocycles. The van der Waals surface area contributed by atoms with Gasteiger partial charge in [0.25, 0.3) is 15.7 Å². The Morgan fingerprint density at radius 1 is 0.854 bits per heavy atom. The van der Waals surface area contributed by atoms with E-state index in [4.69, 9.17) is 8.92 Å². The summed E-state index contributed by atoms with van der Waals surface area (Å²) in [6, 6.07) is 30.7. The highest BCUT2D eigenvalue weighted by Gasteiger charge is 2.48. The fourth-order valence-corrected chi connectivity index (χ4v) is 6.90. The highest BCUT2D eigenvalue weighted by Crippen LogP contribution is 2.46. The smallest absolute Gasteiger partial charge is 0.328 e. The number of benzene rings is 3. The van der Waals surface area contributed by atoms with Gasteiger partial charge in [0.1, 0.15) is 11.7 Å². The summed E-state index contributed by atoms with van der Waals surface area (Å²) in [6.07, 6.45) is 2.66. The molecule has 0 radical (unpaired) electrons. The molecule has 1 heterocycles. The standard InChI is InChI=1S/C32H34N2O6S/c1-3-27-23(21-28(30(27)40-41(2,37)38)34-20-19-29(35)33-31(34)36)22-39-32(24-13-7-4-8-14-24,25-15-9-5-10-16-25)26-17-11-6-12-18-26/h4-20,23,27-28,30H,3,21-22H2,1-2H3,(H,33,35,36)/t23-,27+,28-,30?/m1/s1. The highest BCUT2D eigenvalue weighted by molar-refractivity contribution is 7.86. The Hall–Kier alpha value is -3.79. The molecule has 0 spiro atoms. The molecule has 0 bridgehead atoms. The lowest BCUT2D eigenvalue weighted by Gasteiger charge is -2.37. The van der Waals surface area contributed by atoms with Crippen LogP contribution >= 0.6 is 0 Å². The van der Waals surface area contributed by atoms with Gasteiger partial charge in [-0.25, -0.2) is 4.79 Å². The van der Waals surface area contributed by atoms with E-state index >= 15 is 0 Å². The first-order chi connectivity index (χ1) is 19.7. The predicted molar refractivity (Wildman–Crippen MR) is 157 cm³/mol. The van der Waals surface area contributed by atoms with Gasteiger partial charge in [-0.2, -0.15) is 8.42 Å². The van der Waals surface area contributed by atoms with Crippen LogP contribution in [0, 0.1) is 11.8 Å². The van der Waals surface area contributed by atoms with Gasteiger partial charge >= 0.3 is 5.69 Å². The molecule has 3 aromatic carbocycles. The lowest BCUT2D eigenvalue weighted by atomic mass is 9.80. The Morgan fingerprint density at radius 3 is 1.80 bits per heavy atom. The van der Waals surface area contributed by atoms with Crippen LogP contribution in [0.5, 0.6) is 0 Å². The van der Waals surface area contributed by atoms with Crippen LogP contribution in [0.15, 0.2) is 113 Å². The van der Waals surface area contributed by atoms with E-state index in [0.29, 0.717) is 12.8 Å². The predicted octanol–water partition coefficient (Wildman–Crippen LogP) is 4.48. The molecule has 1 N–H and O–H groups in total. The van der Waals surface area contributed by atoms with Crippen molar-refractivity contribution in [3.63, 3.8) is 0 Å². The molecule has 1 aliphatic carbocycles. The third-order valence-electron chi connectivity index (χ3n) is 7.97. The van der Waals surface area contributed by atoms with Gasteiger partial charge in [-0.3, -0.25) is 18.5 Å². The van der Waals surface area contributed by atoms with E-state index < -0.39 is 39.1 Å². The van der Waals surface area contributed by atoms with E-state index in [0.717, 1.165) is 22.9 Å². The molecule has 1 aromatic heterocycles. The molecule has 4 aromatic rings. The van der Waals surface area contributed by atoms with Crippen LogP contribution in [-0.4, -0.2) is 36.9 Å². The van der Waals surface area contributed by atoms with Crippen molar-refractivity contribution in [3.8, 4) is 0 Å². The summed E-state index contributed by atoms with van der Waals surface area (Å²) >= 11 is 0. The largest absolute Gasteiger partial charge is 0.361 e. The van der Waals surface area contributed by atoms with Gasteiger partial charge in [-0.15, -0.1) is 0 Å². The molecule has 5 rings (SSSR count). The lowest BCUT2D eigenvalue weighted by molar-refractivity contribution is -0.0204. The fraction of sp³-hybridized carbons (Fsp3) is 0.312. The Morgan fingerprint density at radius 2 is 1.37 bits per heavy atom. The van der Waals surface area contributed by atoms with Crippen molar-refractivity contribution in [2.45, 2.75) is 37.5 Å². The molecule has 0 amide bonds. The molecule has 9 heteroatoms. The molecule has 0 saturated heterocycles. The Balaban J connectivity index is 1.58. The molecule has 41 heavy (non-hydrogen) atoms. The molecule has 1 fully saturated rings. The van der Waals surface area contributed by atoms with Crippen LogP contribution in [0.25, 0.3) is 0 Å². The van der Waals surface area contributed by atoms with Crippen molar-refractivity contribution < 1.29 is 17.3 Å². The zero-order valence-electron chi connectivity index (χ0n) is 23.1. The maximum absolute atomic E-state index is 12.8. The third kappa shape index (κ3) is 5.98. The Kier molecular flexibility index (Phi) is 8.40. The SMILES string of the molecule is CC[C@@H]1C(OS(C)(=O)=O)[C@H](n2ccc(=O)[nH]c2=O)C[C@@H]1COC(c1ccccc1)(c1ccccc1)c1ccccc1. The summed E-state index contributed by atoms with van der Waals surface area (Å²) in [4.78, 5) is 26.8. The van der Waals surface area contributed by atoms with Crippen molar-refractivity contribution in [2.24, 2.45) is 11.8 Å². The number of hydrogen-bond acceptors (Lipinski definition) is 6. The summed E-state index contributed by atoms with van der Waals surface area (Å²) in [5.41, 5.74) is 0.813. The summed E-state index contributed by atoms with van der Waals surface area (Å²) in [5.74, 6) is -0.375. The summed E-state index contributed by atoms with van der Waals surface area (Å²) in [5, 5.41) is 0. The number of hydrogen-bond donors (Lipinski definition) is 1. The van der Waals surface area contributed by atoms with Crippen molar-refractivity contribution in [3.05, 3.63) is 141 Å². The lowest BCUT2D eigenvalue weighted by Crippen LogP contribution is -2.38. The minimum atomic E-state index is -3.84. The van der Waals surface area contributed by atoms with Gasteiger partial charge in [0.2, 0.25) is 0 Å². The van der Waals surface area contributed by atoms with E-state index in [2.05, 4.69) is 4.98 Å². The van der Waals surface area contributed by atoms with E-state index in [9.17, 15) is 18.0 Å². The monoisotopic (exact) mass is 574 g/mol. The molecule has 8 nitrogen and oxygen atoms in total. The maximum atomic E-state index is 12.8. The van der Waals surface area contributed by atoms with Crippen LogP contribution in [0.1, 0.15) is 42.5 Å². The van der Waals surface area contributed by atoms with Gasteiger partial charge in [0.15, 0.2) is 0 Å². The van der Waals surface area contributed by atoms with Crippen LogP contribution in [0.3, 0.4) is 0 Å². The van der Waals surface area contributed by atoms with Crippen molar-refractivity contribution in [1.82, 2.24) is 9.55 Å². The number of rotatable bonds is 10. The first-order valence-corrected chi connectivity index (χ1v) is 15.5. The third-order valence-corrected chi connectivity index (χ3v) is 8.54. The molecule has 0 aliphatic heterocycles. The first-order valence-electron chi connectivity index (χ1n) is 13.7. The normalized spacial score (nSPS) is 21.1. The molecule has 1 aliphatic rings. The summed E-state index contributed by atoms with van der Waals surface area (Å²) in [7, 11) is -3.84. The second kappa shape index (κ2) is 12.0. The van der Waals surface area contributed by atoms with Crippen molar-refractivity contribution in [2.75, 3.05) is 12.9 Å². The summed E-state index contributed by atoms with van der Waals surface area (Å²) < 4.78 is 38.8. The minimum Gasteiger partial charge on any atom is -0.361 e. The number of nitrogens with one attached hydrogen (secondary N) is 1. The second-order valence-corrected chi connectivity index (χ2v) is 12.1. The van der Waals surface area contributed by atoms with E-state index in [1.165, 1.54) is 16.8 Å². The van der Waals surface area contributed by atoms with Gasteiger partial charge < -0.3 is 4.74 Å². The first kappa shape index (κ1) is 28.7. The molecule has 214 valence electrons. The Labute approximate surface area is 239 Å². The number of nitrogens with zero attached hydrogens (tertiary/aromatic N) is 1. The number of aromatic amines is 1. The van der Waals surface area contributed by atoms with Gasteiger partial charge in [0.05, 0.1) is 18.9 Å². The minimum absolute atomic E-state index is 0.147. The van der Waals surface area contributed by atoms with Crippen LogP contribution in [0.4, 0.5) is 0 Å². The molecule has 4 atom stereocenters. The van der Waals surface area contributed by atoms with Crippen LogP contribution < -0.4 is 11.2 Å². The molecular formula is C32H34N2O6S. The number of aromatic nitrogens is 2. The van der Waals surface area contributed by atoms with Gasteiger partial charge in [-0.1, -0.05) is 104 Å². The molecular weight excluding hydrogens is 540 g/mol. The van der Waals surface area contributed by atoms with Crippen molar-refractivity contribution in [1.29, 1.82) is 0 Å². The van der Waals surface area contributed by atoms with E-state index in [1.807, 2.05) is 97.9 Å². The average molecular weight is 575 g/mol. The Bertz CT molecular complexity index is 1570. The highest BCUT2D eigenvalue weighted by atomic mass is 32.2. The fourth-order valence-electron chi connectivity index (χ4n) is 6.23. The average Bonchev–Trinajstić information content (AvgIpc) is 3.30. The van der Waals surface area contributed by atoms with Crippen LogP contribution in [-0.2, 0) is 24.6 Å². The second-order valence-electron chi connectivity index (χ2n) is 10.5. The van der Waals surface area contributed by atoms with E-state index in [1.54, 1.807) is 0 Å². The van der Waals surface area contributed by atoms with Gasteiger partial charge in [-0.05, 0) is 34.9 Å². The topological polar surface area (TPSA) is 107 Å². The number of ether oxygens (including phenoxy) is 1. The zero-order valence-corrected chi connectivity index (χ0v) is 23.9. The maximum Gasteiger partial charge on any atom is 0.328 e. The van der Waals surface area contributed by atoms with Crippen LogP contribution in [0.2, 0.25) is 0 Å². The number of H-pyrrole nitrogens is 1. The molecule has 1 unspecified atom stereocenters. The van der Waals surface area contributed by atoms with Crippen molar-refractivity contribution >= 4 is 10.1 Å². The quantitative estimate of drug-likeness (QED) is 0.221.